The lowest BCUT2D eigenvalue weighted by Crippen LogP contribution is -1.86. The third-order valence-corrected chi connectivity index (χ3v) is 1.77. The third-order valence-electron chi connectivity index (χ3n) is 0.591. The largest absolute Gasteiger partial charge is 0.512 e. The van der Waals surface area contributed by atoms with Crippen LogP contribution in [0.5, 0.6) is 0 Å². The van der Waals surface area contributed by atoms with Gasteiger partial charge in [0.1, 0.15) is 6.61 Å². The first-order valence-corrected chi connectivity index (χ1v) is 4.45. The van der Waals surface area contributed by atoms with Crippen LogP contribution in [0.2, 0.25) is 0 Å². The first-order valence-electron chi connectivity index (χ1n) is 2.55. The molecule has 0 rings (SSSR count). The summed E-state index contributed by atoms with van der Waals surface area (Å²) in [7, 11) is -1.54. The highest BCUT2D eigenvalue weighted by molar-refractivity contribution is 7.39. The van der Waals surface area contributed by atoms with Crippen LogP contribution in [0.3, 0.4) is 0 Å². The Bertz CT molecular complexity index is 105. The van der Waals surface area contributed by atoms with E-state index in [0.29, 0.717) is 18.6 Å². The highest BCUT2D eigenvalue weighted by Crippen LogP contribution is 2.20. The van der Waals surface area contributed by atoms with Gasteiger partial charge in [0.05, 0.1) is 5.88 Å². The molecule has 0 spiro atoms. The van der Waals surface area contributed by atoms with Gasteiger partial charge in [-0.25, -0.2) is 0 Å². The summed E-state index contributed by atoms with van der Waals surface area (Å²) in [6.07, 6.45) is 1.97. The van der Waals surface area contributed by atoms with E-state index in [1.165, 1.54) is 0 Å². The smallest absolute Gasteiger partial charge is 0.145 e. The molecule has 52 valence electrons. The molecular weight excluding hydrogens is 158 g/mol. The minimum atomic E-state index is -1.54. The van der Waals surface area contributed by atoms with Crippen molar-refractivity contribution in [1.82, 2.24) is 0 Å². The Morgan fingerprint density at radius 1 is 1.78 bits per heavy atom. The number of rotatable bonds is 5. The first kappa shape index (κ1) is 9.09. The van der Waals surface area contributed by atoms with Crippen molar-refractivity contribution < 1.29 is 9.09 Å². The first-order chi connectivity index (χ1) is 4.31. The molecule has 0 radical (unpaired) electrons. The van der Waals surface area contributed by atoms with Crippen LogP contribution >= 0.6 is 19.6 Å². The lowest BCUT2D eigenvalue weighted by Gasteiger charge is -1.81. The number of allylic oxidation sites excluding steroid dienone is 1. The van der Waals surface area contributed by atoms with E-state index in [0.717, 1.165) is 0 Å². The van der Waals surface area contributed by atoms with Crippen LogP contribution in [0, 0.1) is 0 Å². The molecule has 0 bridgehead atoms. The van der Waals surface area contributed by atoms with E-state index in [2.05, 4.69) is 6.58 Å². The van der Waals surface area contributed by atoms with Crippen molar-refractivity contribution in [2.45, 2.75) is 0 Å². The monoisotopic (exact) mass is 167 g/mol. The lowest BCUT2D eigenvalue weighted by molar-refractivity contribution is 0.354. The van der Waals surface area contributed by atoms with E-state index < -0.39 is 8.03 Å². The molecule has 0 aromatic heterocycles. The van der Waals surface area contributed by atoms with Crippen LogP contribution in [0.25, 0.3) is 0 Å². The van der Waals surface area contributed by atoms with E-state index in [4.69, 9.17) is 16.1 Å². The molecular formula is C5H9ClO2P+. The van der Waals surface area contributed by atoms with Crippen molar-refractivity contribution in [2.75, 3.05) is 18.6 Å². The summed E-state index contributed by atoms with van der Waals surface area (Å²) in [4.78, 5) is 0. The fourth-order valence-corrected chi connectivity index (χ4v) is 1.09. The molecule has 1 atom stereocenters. The number of halogens is 1. The van der Waals surface area contributed by atoms with Crippen molar-refractivity contribution in [3.05, 3.63) is 12.7 Å². The molecule has 0 aliphatic carbocycles. The summed E-state index contributed by atoms with van der Waals surface area (Å²) in [5.41, 5.74) is 0. The Morgan fingerprint density at radius 2 is 2.44 bits per heavy atom. The van der Waals surface area contributed by atoms with Crippen molar-refractivity contribution in [1.29, 1.82) is 0 Å². The molecule has 0 aromatic carbocycles. The Hall–Kier alpha value is 0.0900. The maximum atomic E-state index is 10.6. The maximum absolute atomic E-state index is 10.6. The normalized spacial score (nSPS) is 11.0. The molecule has 2 nitrogen and oxygen atoms in total. The molecule has 0 saturated carbocycles. The summed E-state index contributed by atoms with van der Waals surface area (Å²) in [5.74, 6) is 0.387. The predicted octanol–water partition coefficient (Wildman–Crippen LogP) is 2.17. The molecule has 0 saturated heterocycles. The second-order valence-electron chi connectivity index (χ2n) is 1.33. The second-order valence-corrected chi connectivity index (χ2v) is 2.99. The minimum Gasteiger partial charge on any atom is -0.145 e. The summed E-state index contributed by atoms with van der Waals surface area (Å²) in [6, 6.07) is 0. The van der Waals surface area contributed by atoms with E-state index in [1.54, 1.807) is 6.08 Å². The van der Waals surface area contributed by atoms with Crippen molar-refractivity contribution >= 4 is 19.6 Å². The van der Waals surface area contributed by atoms with Gasteiger partial charge >= 0.3 is 8.03 Å². The Labute approximate surface area is 60.7 Å². The summed E-state index contributed by atoms with van der Waals surface area (Å²) in [6.45, 7) is 3.76. The number of hydrogen-bond donors (Lipinski definition) is 0. The average molecular weight is 168 g/mol. The van der Waals surface area contributed by atoms with Gasteiger partial charge in [-0.3, -0.25) is 0 Å². The average Bonchev–Trinajstić information content (AvgIpc) is 1.85. The van der Waals surface area contributed by atoms with Gasteiger partial charge in [0, 0.05) is 0 Å². The highest BCUT2D eigenvalue weighted by Gasteiger charge is 2.12. The molecule has 9 heavy (non-hydrogen) atoms. The van der Waals surface area contributed by atoms with E-state index in [1.807, 2.05) is 0 Å². The molecule has 0 aliphatic rings. The molecule has 0 amide bonds. The Morgan fingerprint density at radius 3 is 2.89 bits per heavy atom. The van der Waals surface area contributed by atoms with Gasteiger partial charge in [0.25, 0.3) is 0 Å². The van der Waals surface area contributed by atoms with Crippen LogP contribution < -0.4 is 0 Å². The Kier molecular flexibility index (Phi) is 6.28. The zero-order valence-corrected chi connectivity index (χ0v) is 6.70. The molecule has 0 heterocycles. The standard InChI is InChI=1S/C5H9ClO2P/c1-2-5-9(7)8-4-3-6/h2H,1,3-5H2/q+1. The van der Waals surface area contributed by atoms with Gasteiger partial charge < -0.3 is 0 Å². The van der Waals surface area contributed by atoms with Crippen LogP contribution in [0.4, 0.5) is 0 Å². The fourth-order valence-electron chi connectivity index (χ4n) is 0.294. The van der Waals surface area contributed by atoms with Gasteiger partial charge in [0.15, 0.2) is 6.16 Å². The quantitative estimate of drug-likeness (QED) is 0.356. The summed E-state index contributed by atoms with van der Waals surface area (Å²) in [5, 5.41) is 0. The maximum Gasteiger partial charge on any atom is 0.512 e. The minimum absolute atomic E-state index is 0.352. The molecule has 4 heteroatoms. The molecule has 0 N–H and O–H groups in total. The van der Waals surface area contributed by atoms with E-state index >= 15 is 0 Å². The van der Waals surface area contributed by atoms with E-state index in [9.17, 15) is 4.57 Å². The third kappa shape index (κ3) is 5.97. The summed E-state index contributed by atoms with van der Waals surface area (Å²) >= 11 is 5.27. The van der Waals surface area contributed by atoms with Crippen molar-refractivity contribution in [2.24, 2.45) is 0 Å². The zero-order chi connectivity index (χ0) is 7.11. The topological polar surface area (TPSA) is 26.3 Å². The lowest BCUT2D eigenvalue weighted by atomic mass is 10.8. The van der Waals surface area contributed by atoms with Gasteiger partial charge in [0.2, 0.25) is 0 Å². The second kappa shape index (κ2) is 6.21. The SMILES string of the molecule is C=CC[P+](=O)OCCCl. The fraction of sp³-hybridized carbons (Fsp3) is 0.600. The zero-order valence-electron chi connectivity index (χ0n) is 5.05. The Balaban J connectivity index is 3.16. The predicted molar refractivity (Wildman–Crippen MR) is 39.3 cm³/mol. The van der Waals surface area contributed by atoms with Gasteiger partial charge in [-0.15, -0.1) is 16.1 Å². The van der Waals surface area contributed by atoms with Crippen molar-refractivity contribution in [3.63, 3.8) is 0 Å². The van der Waals surface area contributed by atoms with E-state index in [-0.39, 0.29) is 0 Å². The molecule has 0 aliphatic heterocycles. The van der Waals surface area contributed by atoms with Crippen molar-refractivity contribution in [3.8, 4) is 0 Å². The number of alkyl halides is 1. The molecule has 0 aromatic rings. The van der Waals surface area contributed by atoms with Gasteiger partial charge in [-0.1, -0.05) is 6.58 Å². The van der Waals surface area contributed by atoms with Crippen LogP contribution in [-0.4, -0.2) is 18.6 Å². The van der Waals surface area contributed by atoms with Gasteiger partial charge in [-0.2, -0.15) is 0 Å². The highest BCUT2D eigenvalue weighted by atomic mass is 35.5. The van der Waals surface area contributed by atoms with Crippen LogP contribution in [-0.2, 0) is 9.09 Å². The van der Waals surface area contributed by atoms with Gasteiger partial charge in [-0.05, 0) is 10.6 Å². The summed E-state index contributed by atoms with van der Waals surface area (Å²) < 4.78 is 15.3. The molecule has 0 fully saturated rings. The molecule has 1 unspecified atom stereocenters. The van der Waals surface area contributed by atoms with Crippen LogP contribution in [0.1, 0.15) is 0 Å². The van der Waals surface area contributed by atoms with Crippen LogP contribution in [0.15, 0.2) is 12.7 Å². The number of hydrogen-bond acceptors (Lipinski definition) is 2.